The maximum atomic E-state index is 12.2. The van der Waals surface area contributed by atoms with E-state index < -0.39 is 12.2 Å². The number of esters is 1. The number of piperazine rings is 1. The fourth-order valence-corrected chi connectivity index (χ4v) is 2.80. The van der Waals surface area contributed by atoms with E-state index in [9.17, 15) is 4.79 Å². The quantitative estimate of drug-likeness (QED) is 0.818. The van der Waals surface area contributed by atoms with Gasteiger partial charge in [0.25, 0.3) is 0 Å². The van der Waals surface area contributed by atoms with Crippen molar-refractivity contribution in [3.63, 3.8) is 0 Å². The Morgan fingerprint density at radius 1 is 1.18 bits per heavy atom. The molecule has 3 rings (SSSR count). The molecule has 1 fully saturated rings. The average Bonchev–Trinajstić information content (AvgIpc) is 2.85. The van der Waals surface area contributed by atoms with Crippen molar-refractivity contribution < 1.29 is 19.0 Å². The number of likely N-dealkylation sites (N-methyl/N-ethyl adjacent to an activating group) is 1. The Labute approximate surface area is 129 Å². The van der Waals surface area contributed by atoms with Gasteiger partial charge in [-0.25, -0.2) is 15.2 Å². The molecule has 7 nitrogen and oxygen atoms in total. The Kier molecular flexibility index (Phi) is 4.19. The van der Waals surface area contributed by atoms with Gasteiger partial charge in [-0.3, -0.25) is 0 Å². The summed E-state index contributed by atoms with van der Waals surface area (Å²) in [4.78, 5) is 14.5. The standard InChI is InChI=1S/C15H21N3O4/c1-17-6-8-18(9-7-17)16-14-10-4-5-11(20-2)13(21-3)12(10)15(19)22-14/h4-5,14,16H,6-9H2,1-3H3. The molecular weight excluding hydrogens is 286 g/mol. The van der Waals surface area contributed by atoms with Gasteiger partial charge in [-0.1, -0.05) is 0 Å². The van der Waals surface area contributed by atoms with E-state index in [1.165, 1.54) is 7.11 Å². The summed E-state index contributed by atoms with van der Waals surface area (Å²) in [5.74, 6) is 0.559. The number of benzene rings is 1. The van der Waals surface area contributed by atoms with Gasteiger partial charge < -0.3 is 19.1 Å². The van der Waals surface area contributed by atoms with Crippen molar-refractivity contribution in [2.24, 2.45) is 0 Å². The van der Waals surface area contributed by atoms with Crippen molar-refractivity contribution >= 4 is 5.97 Å². The smallest absolute Gasteiger partial charge is 0.344 e. The largest absolute Gasteiger partial charge is 0.493 e. The van der Waals surface area contributed by atoms with E-state index in [4.69, 9.17) is 14.2 Å². The molecule has 2 aliphatic rings. The Hall–Kier alpha value is -1.83. The highest BCUT2D eigenvalue weighted by molar-refractivity contribution is 5.98. The number of methoxy groups -OCH3 is 2. The fourth-order valence-electron chi connectivity index (χ4n) is 2.80. The maximum absolute atomic E-state index is 12.2. The second kappa shape index (κ2) is 6.12. The van der Waals surface area contributed by atoms with Gasteiger partial charge in [-0.2, -0.15) is 0 Å². The number of carbonyl (C=O) groups is 1. The summed E-state index contributed by atoms with van der Waals surface area (Å²) < 4.78 is 16.0. The number of carbonyl (C=O) groups excluding carboxylic acids is 1. The van der Waals surface area contributed by atoms with Gasteiger partial charge >= 0.3 is 5.97 Å². The highest BCUT2D eigenvalue weighted by Crippen LogP contribution is 2.40. The molecule has 0 amide bonds. The van der Waals surface area contributed by atoms with Gasteiger partial charge in [0.15, 0.2) is 17.7 Å². The number of rotatable bonds is 4. The summed E-state index contributed by atoms with van der Waals surface area (Å²) >= 11 is 0. The van der Waals surface area contributed by atoms with Gasteiger partial charge in [0, 0.05) is 31.7 Å². The van der Waals surface area contributed by atoms with Crippen LogP contribution in [-0.4, -0.2) is 63.3 Å². The van der Waals surface area contributed by atoms with E-state index in [2.05, 4.69) is 22.4 Å². The van der Waals surface area contributed by atoms with Gasteiger partial charge in [-0.05, 0) is 19.2 Å². The van der Waals surface area contributed by atoms with E-state index in [1.807, 2.05) is 6.07 Å². The summed E-state index contributed by atoms with van der Waals surface area (Å²) in [6.45, 7) is 3.72. The van der Waals surface area contributed by atoms with Crippen LogP contribution in [0, 0.1) is 0 Å². The zero-order valence-electron chi connectivity index (χ0n) is 13.1. The Morgan fingerprint density at radius 2 is 1.91 bits per heavy atom. The molecule has 0 aromatic heterocycles. The van der Waals surface area contributed by atoms with E-state index in [0.29, 0.717) is 17.1 Å². The number of nitrogens with zero attached hydrogens (tertiary/aromatic N) is 2. The minimum Gasteiger partial charge on any atom is -0.493 e. The fraction of sp³-hybridized carbons (Fsp3) is 0.533. The Balaban J connectivity index is 1.82. The monoisotopic (exact) mass is 307 g/mol. The van der Waals surface area contributed by atoms with Crippen LogP contribution in [0.1, 0.15) is 22.1 Å². The molecule has 0 spiro atoms. The lowest BCUT2D eigenvalue weighted by Crippen LogP contribution is -2.51. The molecule has 1 unspecified atom stereocenters. The van der Waals surface area contributed by atoms with E-state index in [-0.39, 0.29) is 0 Å². The zero-order chi connectivity index (χ0) is 15.7. The molecule has 0 saturated carbocycles. The highest BCUT2D eigenvalue weighted by Gasteiger charge is 2.36. The second-order valence-corrected chi connectivity index (χ2v) is 5.47. The van der Waals surface area contributed by atoms with Crippen molar-refractivity contribution in [2.75, 3.05) is 47.4 Å². The van der Waals surface area contributed by atoms with E-state index in [1.54, 1.807) is 13.2 Å². The zero-order valence-corrected chi connectivity index (χ0v) is 13.1. The normalized spacial score (nSPS) is 22.3. The van der Waals surface area contributed by atoms with Crippen molar-refractivity contribution in [2.45, 2.75) is 6.23 Å². The number of hydrogen-bond acceptors (Lipinski definition) is 7. The lowest BCUT2D eigenvalue weighted by molar-refractivity contribution is -0.0123. The summed E-state index contributed by atoms with van der Waals surface area (Å²) in [7, 11) is 5.16. The molecule has 22 heavy (non-hydrogen) atoms. The molecule has 7 heteroatoms. The Bertz CT molecular complexity index is 570. The summed E-state index contributed by atoms with van der Waals surface area (Å²) in [5, 5.41) is 2.09. The molecule has 1 aromatic rings. The number of fused-ring (bicyclic) bond motifs is 1. The molecule has 120 valence electrons. The first kappa shape index (κ1) is 15.1. The second-order valence-electron chi connectivity index (χ2n) is 5.47. The van der Waals surface area contributed by atoms with Crippen molar-refractivity contribution in [3.05, 3.63) is 23.3 Å². The first-order valence-corrected chi connectivity index (χ1v) is 7.29. The highest BCUT2D eigenvalue weighted by atomic mass is 16.6. The topological polar surface area (TPSA) is 63.3 Å². The summed E-state index contributed by atoms with van der Waals surface area (Å²) in [6, 6.07) is 3.63. The molecule has 1 atom stereocenters. The molecule has 0 radical (unpaired) electrons. The maximum Gasteiger partial charge on any atom is 0.344 e. The van der Waals surface area contributed by atoms with Crippen LogP contribution < -0.4 is 14.9 Å². The number of ether oxygens (including phenoxy) is 3. The number of hydrazine groups is 1. The van der Waals surface area contributed by atoms with E-state index in [0.717, 1.165) is 31.7 Å². The summed E-state index contributed by atoms with van der Waals surface area (Å²) in [6.07, 6.45) is -0.481. The number of hydrogen-bond donors (Lipinski definition) is 1. The lowest BCUT2D eigenvalue weighted by atomic mass is 10.1. The first-order chi connectivity index (χ1) is 10.6. The van der Waals surface area contributed by atoms with Crippen LogP contribution in [0.2, 0.25) is 0 Å². The van der Waals surface area contributed by atoms with Crippen molar-refractivity contribution in [3.8, 4) is 11.5 Å². The Morgan fingerprint density at radius 3 is 2.55 bits per heavy atom. The minimum atomic E-state index is -0.481. The molecule has 0 bridgehead atoms. The first-order valence-electron chi connectivity index (χ1n) is 7.29. The number of nitrogens with one attached hydrogen (secondary N) is 1. The lowest BCUT2D eigenvalue weighted by Gasteiger charge is -2.34. The number of cyclic esters (lactones) is 1. The third-order valence-corrected chi connectivity index (χ3v) is 4.09. The van der Waals surface area contributed by atoms with Crippen LogP contribution in [-0.2, 0) is 4.74 Å². The molecule has 1 saturated heterocycles. The average molecular weight is 307 g/mol. The molecule has 0 aliphatic carbocycles. The molecule has 1 N–H and O–H groups in total. The van der Waals surface area contributed by atoms with E-state index >= 15 is 0 Å². The van der Waals surface area contributed by atoms with Crippen LogP contribution >= 0.6 is 0 Å². The van der Waals surface area contributed by atoms with Crippen LogP contribution in [0.4, 0.5) is 0 Å². The van der Waals surface area contributed by atoms with Gasteiger partial charge in [0.2, 0.25) is 0 Å². The van der Waals surface area contributed by atoms with Crippen molar-refractivity contribution in [1.82, 2.24) is 15.3 Å². The SMILES string of the molecule is COc1ccc2c(c1OC)C(=O)OC2NN1CCN(C)CC1. The minimum absolute atomic E-state index is 0.391. The predicted molar refractivity (Wildman–Crippen MR) is 79.9 cm³/mol. The van der Waals surface area contributed by atoms with Crippen LogP contribution in [0.15, 0.2) is 12.1 Å². The van der Waals surface area contributed by atoms with Crippen molar-refractivity contribution in [1.29, 1.82) is 0 Å². The van der Waals surface area contributed by atoms with Crippen LogP contribution in [0.5, 0.6) is 11.5 Å². The molecule has 2 heterocycles. The predicted octanol–water partition coefficient (Wildman–Crippen LogP) is 0.625. The molecular formula is C15H21N3O4. The summed E-state index contributed by atoms with van der Waals surface area (Å²) in [5.41, 5.74) is 4.50. The van der Waals surface area contributed by atoms with Crippen LogP contribution in [0.3, 0.4) is 0 Å². The van der Waals surface area contributed by atoms with Gasteiger partial charge in [0.05, 0.1) is 14.2 Å². The molecule has 2 aliphatic heterocycles. The third kappa shape index (κ3) is 2.63. The van der Waals surface area contributed by atoms with Gasteiger partial charge in [-0.15, -0.1) is 0 Å². The third-order valence-electron chi connectivity index (χ3n) is 4.09. The van der Waals surface area contributed by atoms with Crippen LogP contribution in [0.25, 0.3) is 0 Å². The molecule has 1 aromatic carbocycles. The van der Waals surface area contributed by atoms with Gasteiger partial charge in [0.1, 0.15) is 5.56 Å².